The van der Waals surface area contributed by atoms with Crippen molar-refractivity contribution in [3.63, 3.8) is 0 Å². The number of amides is 1. The van der Waals surface area contributed by atoms with Crippen LogP contribution in [0.4, 0.5) is 0 Å². The highest BCUT2D eigenvalue weighted by Crippen LogP contribution is 2.10. The lowest BCUT2D eigenvalue weighted by Gasteiger charge is -2.07. The summed E-state index contributed by atoms with van der Waals surface area (Å²) in [5.41, 5.74) is 3.27. The minimum atomic E-state index is -0.143. The Morgan fingerprint density at radius 3 is 2.63 bits per heavy atom. The number of benzene rings is 1. The van der Waals surface area contributed by atoms with Crippen LogP contribution in [-0.4, -0.2) is 16.0 Å². The molecule has 0 fully saturated rings. The Morgan fingerprint density at radius 1 is 1.21 bits per heavy atom. The minimum absolute atomic E-state index is 0.0632. The number of hydrogen-bond acceptors (Lipinski definition) is 3. The Bertz CT molecular complexity index is 568. The number of aliphatic hydroxyl groups is 1. The van der Waals surface area contributed by atoms with Crippen molar-refractivity contribution >= 4 is 5.91 Å². The van der Waals surface area contributed by atoms with Crippen LogP contribution in [0.1, 0.15) is 27.0 Å². The quantitative estimate of drug-likeness (QED) is 0.877. The normalized spacial score (nSPS) is 10.2. The molecule has 0 unspecified atom stereocenters. The third-order valence-corrected chi connectivity index (χ3v) is 2.78. The Balaban J connectivity index is 2.06. The molecular formula is C15H16N2O2. The summed E-state index contributed by atoms with van der Waals surface area (Å²) in [4.78, 5) is 16.0. The predicted molar refractivity (Wildman–Crippen MR) is 72.5 cm³/mol. The van der Waals surface area contributed by atoms with Gasteiger partial charge in [-0.1, -0.05) is 6.07 Å². The number of carbonyl (C=O) groups excluding carboxylic acids is 1. The second-order valence-corrected chi connectivity index (χ2v) is 4.40. The van der Waals surface area contributed by atoms with E-state index < -0.39 is 0 Å². The van der Waals surface area contributed by atoms with Gasteiger partial charge in [0.25, 0.3) is 5.91 Å². The maximum absolute atomic E-state index is 12.0. The fourth-order valence-corrected chi connectivity index (χ4v) is 1.87. The van der Waals surface area contributed by atoms with Crippen molar-refractivity contribution in [1.82, 2.24) is 10.3 Å². The minimum Gasteiger partial charge on any atom is -0.392 e. The van der Waals surface area contributed by atoms with Crippen molar-refractivity contribution in [2.45, 2.75) is 20.1 Å². The van der Waals surface area contributed by atoms with Gasteiger partial charge in [0.15, 0.2) is 0 Å². The molecule has 0 bridgehead atoms. The van der Waals surface area contributed by atoms with Gasteiger partial charge in [-0.15, -0.1) is 0 Å². The van der Waals surface area contributed by atoms with Gasteiger partial charge in [-0.25, -0.2) is 0 Å². The van der Waals surface area contributed by atoms with Gasteiger partial charge in [-0.05, 0) is 47.9 Å². The highest BCUT2D eigenvalue weighted by atomic mass is 16.3. The van der Waals surface area contributed by atoms with E-state index in [0.29, 0.717) is 12.1 Å². The molecule has 0 saturated carbocycles. The highest BCUT2D eigenvalue weighted by Gasteiger charge is 2.07. The molecule has 2 N–H and O–H groups in total. The van der Waals surface area contributed by atoms with Crippen molar-refractivity contribution in [3.05, 3.63) is 65.0 Å². The zero-order chi connectivity index (χ0) is 13.7. The molecule has 1 heterocycles. The average Bonchev–Trinajstić information content (AvgIpc) is 2.45. The van der Waals surface area contributed by atoms with Gasteiger partial charge in [-0.2, -0.15) is 0 Å². The summed E-state index contributed by atoms with van der Waals surface area (Å²) in [7, 11) is 0. The molecule has 19 heavy (non-hydrogen) atoms. The first kappa shape index (κ1) is 13.2. The van der Waals surface area contributed by atoms with E-state index >= 15 is 0 Å². The molecule has 0 aliphatic carbocycles. The zero-order valence-electron chi connectivity index (χ0n) is 10.8. The average molecular weight is 256 g/mol. The summed E-state index contributed by atoms with van der Waals surface area (Å²) in [5, 5.41) is 12.0. The third kappa shape index (κ3) is 3.63. The number of carbonyl (C=O) groups is 1. The molecule has 2 rings (SSSR count). The van der Waals surface area contributed by atoms with Crippen molar-refractivity contribution in [3.8, 4) is 0 Å². The zero-order valence-corrected chi connectivity index (χ0v) is 10.8. The van der Waals surface area contributed by atoms with Gasteiger partial charge in [0, 0.05) is 24.5 Å². The van der Waals surface area contributed by atoms with E-state index in [-0.39, 0.29) is 12.5 Å². The molecule has 0 atom stereocenters. The summed E-state index contributed by atoms with van der Waals surface area (Å²) in [6, 6.07) is 9.08. The second kappa shape index (κ2) is 6.11. The first-order chi connectivity index (χ1) is 9.19. The largest absolute Gasteiger partial charge is 0.392 e. The second-order valence-electron chi connectivity index (χ2n) is 4.40. The smallest absolute Gasteiger partial charge is 0.251 e. The lowest BCUT2D eigenvalue weighted by molar-refractivity contribution is 0.0950. The first-order valence-electron chi connectivity index (χ1n) is 6.07. The topological polar surface area (TPSA) is 62.2 Å². The fraction of sp³-hybridized carbons (Fsp3) is 0.200. The van der Waals surface area contributed by atoms with Crippen LogP contribution >= 0.6 is 0 Å². The van der Waals surface area contributed by atoms with Crippen molar-refractivity contribution in [2.75, 3.05) is 0 Å². The van der Waals surface area contributed by atoms with Crippen LogP contribution in [0.2, 0.25) is 0 Å². The molecule has 0 spiro atoms. The molecule has 0 radical (unpaired) electrons. The monoisotopic (exact) mass is 256 g/mol. The SMILES string of the molecule is Cc1cc(CO)cc(C(=O)NCc2ccncc2)c1. The van der Waals surface area contributed by atoms with Crippen LogP contribution in [0.25, 0.3) is 0 Å². The van der Waals surface area contributed by atoms with Gasteiger partial charge >= 0.3 is 0 Å². The number of hydrogen-bond donors (Lipinski definition) is 2. The van der Waals surface area contributed by atoms with Crippen LogP contribution in [0.3, 0.4) is 0 Å². The summed E-state index contributed by atoms with van der Waals surface area (Å²) < 4.78 is 0. The first-order valence-corrected chi connectivity index (χ1v) is 6.07. The van der Waals surface area contributed by atoms with Crippen LogP contribution in [0, 0.1) is 6.92 Å². The molecule has 0 aliphatic rings. The van der Waals surface area contributed by atoms with E-state index in [1.54, 1.807) is 24.5 Å². The maximum atomic E-state index is 12.0. The molecule has 4 nitrogen and oxygen atoms in total. The van der Waals surface area contributed by atoms with E-state index in [2.05, 4.69) is 10.3 Å². The van der Waals surface area contributed by atoms with Crippen molar-refractivity contribution in [2.24, 2.45) is 0 Å². The van der Waals surface area contributed by atoms with E-state index in [1.165, 1.54) is 0 Å². The van der Waals surface area contributed by atoms with E-state index in [4.69, 9.17) is 5.11 Å². The number of aliphatic hydroxyl groups excluding tert-OH is 1. The van der Waals surface area contributed by atoms with Gasteiger partial charge in [0.05, 0.1) is 6.61 Å². The summed E-state index contributed by atoms with van der Waals surface area (Å²) in [5.74, 6) is -0.143. The molecule has 0 aliphatic heterocycles. The molecule has 98 valence electrons. The van der Waals surface area contributed by atoms with Gasteiger partial charge in [0.1, 0.15) is 0 Å². The van der Waals surface area contributed by atoms with Crippen LogP contribution in [0.5, 0.6) is 0 Å². The molecule has 1 aromatic heterocycles. The number of aromatic nitrogens is 1. The standard InChI is InChI=1S/C15H16N2O2/c1-11-6-13(10-18)8-14(7-11)15(19)17-9-12-2-4-16-5-3-12/h2-8,18H,9-10H2,1H3,(H,17,19). The summed E-state index contributed by atoms with van der Waals surface area (Å²) in [6.07, 6.45) is 3.38. The number of nitrogens with zero attached hydrogens (tertiary/aromatic N) is 1. The van der Waals surface area contributed by atoms with E-state index in [1.807, 2.05) is 25.1 Å². The number of aryl methyl sites for hydroxylation is 1. The molecule has 4 heteroatoms. The molecule has 1 aromatic carbocycles. The number of rotatable bonds is 4. The molecule has 0 saturated heterocycles. The van der Waals surface area contributed by atoms with E-state index in [9.17, 15) is 4.79 Å². The lowest BCUT2D eigenvalue weighted by Crippen LogP contribution is -2.23. The van der Waals surface area contributed by atoms with Crippen LogP contribution in [0.15, 0.2) is 42.7 Å². The number of nitrogens with one attached hydrogen (secondary N) is 1. The fourth-order valence-electron chi connectivity index (χ4n) is 1.87. The molecule has 1 amide bonds. The maximum Gasteiger partial charge on any atom is 0.251 e. The van der Waals surface area contributed by atoms with Crippen LogP contribution in [-0.2, 0) is 13.2 Å². The highest BCUT2D eigenvalue weighted by molar-refractivity contribution is 5.94. The van der Waals surface area contributed by atoms with Crippen molar-refractivity contribution in [1.29, 1.82) is 0 Å². The Morgan fingerprint density at radius 2 is 1.95 bits per heavy atom. The third-order valence-electron chi connectivity index (χ3n) is 2.78. The summed E-state index contributed by atoms with van der Waals surface area (Å²) in [6.45, 7) is 2.30. The van der Waals surface area contributed by atoms with E-state index in [0.717, 1.165) is 16.7 Å². The predicted octanol–water partition coefficient (Wildman–Crippen LogP) is 1.81. The van der Waals surface area contributed by atoms with Gasteiger partial charge in [-0.3, -0.25) is 9.78 Å². The Kier molecular flexibility index (Phi) is 4.26. The Hall–Kier alpha value is -2.20. The van der Waals surface area contributed by atoms with Gasteiger partial charge < -0.3 is 10.4 Å². The van der Waals surface area contributed by atoms with Gasteiger partial charge in [0.2, 0.25) is 0 Å². The summed E-state index contributed by atoms with van der Waals surface area (Å²) >= 11 is 0. The molecular weight excluding hydrogens is 240 g/mol. The molecule has 2 aromatic rings. The number of pyridine rings is 1. The van der Waals surface area contributed by atoms with Crippen LogP contribution < -0.4 is 5.32 Å². The lowest BCUT2D eigenvalue weighted by atomic mass is 10.1. The van der Waals surface area contributed by atoms with Crippen molar-refractivity contribution < 1.29 is 9.90 Å². The Labute approximate surface area is 112 Å².